The van der Waals surface area contributed by atoms with Crippen LogP contribution in [0.4, 0.5) is 0 Å². The van der Waals surface area contributed by atoms with Gasteiger partial charge in [0.1, 0.15) is 5.60 Å². The van der Waals surface area contributed by atoms with Gasteiger partial charge in [0, 0.05) is 25.8 Å². The molecule has 4 nitrogen and oxygen atoms in total. The lowest BCUT2D eigenvalue weighted by molar-refractivity contribution is -0.0600. The second kappa shape index (κ2) is 5.65. The SMILES string of the molecule is COC1(c2nc3c(c(C(C)C)n2)CNC3)CCC(C)CC1. The molecule has 0 saturated heterocycles. The minimum absolute atomic E-state index is 0.270. The van der Waals surface area contributed by atoms with Crippen LogP contribution in [0.15, 0.2) is 0 Å². The number of nitrogens with one attached hydrogen (secondary N) is 1. The Labute approximate surface area is 127 Å². The Kier molecular flexibility index (Phi) is 4.02. The quantitative estimate of drug-likeness (QED) is 0.928. The topological polar surface area (TPSA) is 47.0 Å². The van der Waals surface area contributed by atoms with Crippen molar-refractivity contribution in [1.82, 2.24) is 15.3 Å². The zero-order valence-electron chi connectivity index (χ0n) is 13.7. The molecule has 0 spiro atoms. The van der Waals surface area contributed by atoms with Crippen LogP contribution in [0, 0.1) is 5.92 Å². The van der Waals surface area contributed by atoms with Gasteiger partial charge < -0.3 is 10.1 Å². The Hall–Kier alpha value is -1.00. The Morgan fingerprint density at radius 3 is 2.52 bits per heavy atom. The van der Waals surface area contributed by atoms with E-state index in [1.807, 2.05) is 7.11 Å². The van der Waals surface area contributed by atoms with E-state index in [0.717, 1.165) is 37.7 Å². The molecule has 4 heteroatoms. The highest BCUT2D eigenvalue weighted by molar-refractivity contribution is 5.32. The van der Waals surface area contributed by atoms with Crippen LogP contribution in [-0.2, 0) is 23.4 Å². The lowest BCUT2D eigenvalue weighted by Gasteiger charge is -2.37. The van der Waals surface area contributed by atoms with E-state index < -0.39 is 0 Å². The smallest absolute Gasteiger partial charge is 0.160 e. The number of rotatable bonds is 3. The van der Waals surface area contributed by atoms with E-state index in [1.165, 1.54) is 29.8 Å². The molecular weight excluding hydrogens is 262 g/mol. The van der Waals surface area contributed by atoms with Gasteiger partial charge in [0.15, 0.2) is 5.82 Å². The zero-order chi connectivity index (χ0) is 15.0. The highest BCUT2D eigenvalue weighted by Gasteiger charge is 2.40. The molecule has 2 heterocycles. The van der Waals surface area contributed by atoms with Crippen LogP contribution in [0.3, 0.4) is 0 Å². The molecule has 2 aliphatic rings. The molecule has 0 radical (unpaired) electrons. The molecule has 0 bridgehead atoms. The molecule has 0 amide bonds. The van der Waals surface area contributed by atoms with Crippen molar-refractivity contribution >= 4 is 0 Å². The van der Waals surface area contributed by atoms with E-state index in [-0.39, 0.29) is 5.60 Å². The number of nitrogens with zero attached hydrogens (tertiary/aromatic N) is 2. The van der Waals surface area contributed by atoms with Gasteiger partial charge in [0.25, 0.3) is 0 Å². The van der Waals surface area contributed by atoms with Crippen LogP contribution < -0.4 is 5.32 Å². The summed E-state index contributed by atoms with van der Waals surface area (Å²) in [5.41, 5.74) is 3.42. The Balaban J connectivity index is 2.03. The first-order valence-electron chi connectivity index (χ1n) is 8.22. The fourth-order valence-corrected chi connectivity index (χ4v) is 3.62. The van der Waals surface area contributed by atoms with E-state index in [1.54, 1.807) is 0 Å². The van der Waals surface area contributed by atoms with Crippen LogP contribution >= 0.6 is 0 Å². The van der Waals surface area contributed by atoms with E-state index in [0.29, 0.717) is 5.92 Å². The molecule has 1 aromatic rings. The largest absolute Gasteiger partial charge is 0.370 e. The first-order chi connectivity index (χ1) is 10.1. The Morgan fingerprint density at radius 2 is 1.90 bits per heavy atom. The van der Waals surface area contributed by atoms with Gasteiger partial charge in [-0.25, -0.2) is 9.97 Å². The maximum Gasteiger partial charge on any atom is 0.160 e. The van der Waals surface area contributed by atoms with Crippen molar-refractivity contribution in [3.63, 3.8) is 0 Å². The van der Waals surface area contributed by atoms with Gasteiger partial charge in [-0.05, 0) is 37.5 Å². The second-order valence-corrected chi connectivity index (χ2v) is 7.00. The third-order valence-corrected chi connectivity index (χ3v) is 5.15. The van der Waals surface area contributed by atoms with E-state index in [9.17, 15) is 0 Å². The van der Waals surface area contributed by atoms with Gasteiger partial charge in [-0.3, -0.25) is 0 Å². The lowest BCUT2D eigenvalue weighted by atomic mass is 9.78. The number of hydrogen-bond acceptors (Lipinski definition) is 4. The van der Waals surface area contributed by atoms with Crippen molar-refractivity contribution in [3.8, 4) is 0 Å². The van der Waals surface area contributed by atoms with Crippen LogP contribution in [0.1, 0.15) is 75.1 Å². The first kappa shape index (κ1) is 14.9. The van der Waals surface area contributed by atoms with Gasteiger partial charge in [0.2, 0.25) is 0 Å². The number of aromatic nitrogens is 2. The Morgan fingerprint density at radius 1 is 1.19 bits per heavy atom. The maximum absolute atomic E-state index is 5.96. The molecular formula is C17H27N3O. The molecule has 1 saturated carbocycles. The minimum atomic E-state index is -0.270. The maximum atomic E-state index is 5.96. The molecule has 0 atom stereocenters. The minimum Gasteiger partial charge on any atom is -0.370 e. The molecule has 1 fully saturated rings. The van der Waals surface area contributed by atoms with Crippen molar-refractivity contribution in [2.75, 3.05) is 7.11 Å². The van der Waals surface area contributed by atoms with E-state index in [2.05, 4.69) is 26.1 Å². The fraction of sp³-hybridized carbons (Fsp3) is 0.765. The molecule has 0 unspecified atom stereocenters. The summed E-state index contributed by atoms with van der Waals surface area (Å²) in [6.07, 6.45) is 4.47. The van der Waals surface area contributed by atoms with Crippen molar-refractivity contribution in [2.24, 2.45) is 5.92 Å². The molecule has 1 aliphatic heterocycles. The van der Waals surface area contributed by atoms with E-state index in [4.69, 9.17) is 14.7 Å². The third kappa shape index (κ3) is 2.59. The third-order valence-electron chi connectivity index (χ3n) is 5.15. The Bertz CT molecular complexity index is 519. The molecule has 1 aromatic heterocycles. The van der Waals surface area contributed by atoms with Gasteiger partial charge in [-0.2, -0.15) is 0 Å². The van der Waals surface area contributed by atoms with Crippen LogP contribution in [0.2, 0.25) is 0 Å². The predicted molar refractivity (Wildman–Crippen MR) is 83.0 cm³/mol. The highest BCUT2D eigenvalue weighted by atomic mass is 16.5. The summed E-state index contributed by atoms with van der Waals surface area (Å²) in [6, 6.07) is 0. The monoisotopic (exact) mass is 289 g/mol. The van der Waals surface area contributed by atoms with Crippen LogP contribution in [0.5, 0.6) is 0 Å². The average molecular weight is 289 g/mol. The van der Waals surface area contributed by atoms with Crippen LogP contribution in [-0.4, -0.2) is 17.1 Å². The first-order valence-corrected chi connectivity index (χ1v) is 8.22. The predicted octanol–water partition coefficient (Wildman–Crippen LogP) is 3.26. The molecule has 3 rings (SSSR count). The van der Waals surface area contributed by atoms with E-state index >= 15 is 0 Å². The molecule has 21 heavy (non-hydrogen) atoms. The summed E-state index contributed by atoms with van der Waals surface area (Å²) < 4.78 is 5.96. The highest BCUT2D eigenvalue weighted by Crippen LogP contribution is 2.41. The zero-order valence-corrected chi connectivity index (χ0v) is 13.7. The standard InChI is InChI=1S/C17H27N3O/c1-11(2)15-13-9-18-10-14(13)19-16(20-15)17(21-4)7-5-12(3)6-8-17/h11-12,18H,5-10H2,1-4H3. The van der Waals surface area contributed by atoms with Gasteiger partial charge in [0.05, 0.1) is 11.4 Å². The number of hydrogen-bond donors (Lipinski definition) is 1. The second-order valence-electron chi connectivity index (χ2n) is 7.00. The number of methoxy groups -OCH3 is 1. The summed E-state index contributed by atoms with van der Waals surface area (Å²) in [6.45, 7) is 8.52. The summed E-state index contributed by atoms with van der Waals surface area (Å²) >= 11 is 0. The van der Waals surface area contributed by atoms with Gasteiger partial charge >= 0.3 is 0 Å². The molecule has 116 valence electrons. The van der Waals surface area contributed by atoms with Gasteiger partial charge in [-0.1, -0.05) is 20.8 Å². The number of ether oxygens (including phenoxy) is 1. The van der Waals surface area contributed by atoms with Crippen molar-refractivity contribution in [3.05, 3.63) is 22.8 Å². The van der Waals surface area contributed by atoms with Crippen molar-refractivity contribution in [1.29, 1.82) is 0 Å². The number of fused-ring (bicyclic) bond motifs is 1. The fourth-order valence-electron chi connectivity index (χ4n) is 3.62. The summed E-state index contributed by atoms with van der Waals surface area (Å²) in [4.78, 5) is 9.85. The lowest BCUT2D eigenvalue weighted by Crippen LogP contribution is -2.36. The molecule has 0 aromatic carbocycles. The molecule has 1 aliphatic carbocycles. The summed E-state index contributed by atoms with van der Waals surface area (Å²) in [5, 5.41) is 3.41. The van der Waals surface area contributed by atoms with Crippen molar-refractivity contribution < 1.29 is 4.74 Å². The average Bonchev–Trinajstić information content (AvgIpc) is 2.95. The molecule has 1 N–H and O–H groups in total. The summed E-state index contributed by atoms with van der Waals surface area (Å²) in [7, 11) is 1.82. The summed E-state index contributed by atoms with van der Waals surface area (Å²) in [5.74, 6) is 2.13. The van der Waals surface area contributed by atoms with Crippen molar-refractivity contribution in [2.45, 2.75) is 71.1 Å². The van der Waals surface area contributed by atoms with Crippen LogP contribution in [0.25, 0.3) is 0 Å². The van der Waals surface area contributed by atoms with Gasteiger partial charge in [-0.15, -0.1) is 0 Å². The normalized spacial score (nSPS) is 28.9.